The lowest BCUT2D eigenvalue weighted by Crippen LogP contribution is -2.05. The number of carbonyl (C=O) groups is 2. The summed E-state index contributed by atoms with van der Waals surface area (Å²) in [7, 11) is 0. The summed E-state index contributed by atoms with van der Waals surface area (Å²) >= 11 is 0. The van der Waals surface area contributed by atoms with Crippen LogP contribution in [0.4, 0.5) is 0 Å². The molecule has 3 rings (SSSR count). The second-order valence-corrected chi connectivity index (χ2v) is 5.78. The van der Waals surface area contributed by atoms with Crippen molar-refractivity contribution in [2.45, 2.75) is 12.8 Å². The van der Waals surface area contributed by atoms with Gasteiger partial charge in [0.15, 0.2) is 11.6 Å². The first-order valence-electron chi connectivity index (χ1n) is 7.90. The van der Waals surface area contributed by atoms with Crippen LogP contribution in [0.3, 0.4) is 0 Å². The molecule has 0 radical (unpaired) electrons. The Morgan fingerprint density at radius 2 is 1.96 bits per heavy atom. The lowest BCUT2D eigenvalue weighted by atomic mass is 9.96. The number of aliphatic hydroxyl groups is 1. The Morgan fingerprint density at radius 1 is 1.12 bits per heavy atom. The van der Waals surface area contributed by atoms with Crippen molar-refractivity contribution in [1.82, 2.24) is 0 Å². The number of rotatable bonds is 6. The van der Waals surface area contributed by atoms with Gasteiger partial charge in [0.1, 0.15) is 6.61 Å². The van der Waals surface area contributed by atoms with Crippen molar-refractivity contribution in [2.75, 3.05) is 6.61 Å². The Balaban J connectivity index is 1.81. The van der Waals surface area contributed by atoms with Crippen LogP contribution in [0.15, 0.2) is 54.6 Å². The van der Waals surface area contributed by atoms with E-state index < -0.39 is 6.61 Å². The minimum atomic E-state index is -0.514. The van der Waals surface area contributed by atoms with E-state index in [4.69, 9.17) is 5.11 Å². The molecule has 24 heavy (non-hydrogen) atoms. The number of carbonyl (C=O) groups excluding carboxylic acids is 2. The first-order chi connectivity index (χ1) is 11.7. The Bertz CT molecular complexity index is 844. The average Bonchev–Trinajstić information content (AvgIpc) is 3.08. The van der Waals surface area contributed by atoms with Crippen molar-refractivity contribution in [3.05, 3.63) is 82.4 Å². The fourth-order valence-corrected chi connectivity index (χ4v) is 2.79. The van der Waals surface area contributed by atoms with E-state index in [9.17, 15) is 9.59 Å². The first-order valence-corrected chi connectivity index (χ1v) is 7.90. The third-order valence-electron chi connectivity index (χ3n) is 4.11. The van der Waals surface area contributed by atoms with Gasteiger partial charge in [0.2, 0.25) is 0 Å². The monoisotopic (exact) mass is 318 g/mol. The van der Waals surface area contributed by atoms with Gasteiger partial charge >= 0.3 is 0 Å². The van der Waals surface area contributed by atoms with Gasteiger partial charge in [0.25, 0.3) is 0 Å². The molecule has 0 spiro atoms. The second kappa shape index (κ2) is 7.20. The lowest BCUT2D eigenvalue weighted by Gasteiger charge is -2.07. The molecule has 1 aliphatic carbocycles. The Kier molecular flexibility index (Phi) is 4.82. The van der Waals surface area contributed by atoms with Crippen LogP contribution in [0.25, 0.3) is 12.2 Å². The van der Waals surface area contributed by atoms with Crippen molar-refractivity contribution in [3.63, 3.8) is 0 Å². The van der Waals surface area contributed by atoms with Crippen molar-refractivity contribution in [3.8, 4) is 0 Å². The van der Waals surface area contributed by atoms with Crippen LogP contribution in [0.5, 0.6) is 0 Å². The molecule has 0 saturated carbocycles. The largest absolute Gasteiger partial charge is 0.388 e. The van der Waals surface area contributed by atoms with E-state index in [1.165, 1.54) is 11.6 Å². The van der Waals surface area contributed by atoms with Gasteiger partial charge in [-0.25, -0.2) is 0 Å². The van der Waals surface area contributed by atoms with E-state index in [0.717, 1.165) is 23.1 Å². The highest BCUT2D eigenvalue weighted by Gasteiger charge is 2.12. The number of fused-ring (bicyclic) bond motifs is 1. The summed E-state index contributed by atoms with van der Waals surface area (Å²) < 4.78 is 0. The molecule has 1 N–H and O–H groups in total. The molecule has 0 unspecified atom stereocenters. The van der Waals surface area contributed by atoms with Gasteiger partial charge in [0, 0.05) is 12.0 Å². The Labute approximate surface area is 141 Å². The predicted octanol–water partition coefficient (Wildman–Crippen LogP) is 3.26. The summed E-state index contributed by atoms with van der Waals surface area (Å²) in [5.41, 5.74) is 4.74. The van der Waals surface area contributed by atoms with Gasteiger partial charge in [-0.05, 0) is 40.8 Å². The fourth-order valence-electron chi connectivity index (χ4n) is 2.79. The zero-order valence-corrected chi connectivity index (χ0v) is 13.2. The average molecular weight is 318 g/mol. The van der Waals surface area contributed by atoms with E-state index in [-0.39, 0.29) is 18.0 Å². The molecule has 3 nitrogen and oxygen atoms in total. The van der Waals surface area contributed by atoms with Crippen LogP contribution in [0, 0.1) is 0 Å². The van der Waals surface area contributed by atoms with Gasteiger partial charge in [-0.2, -0.15) is 0 Å². The molecular weight excluding hydrogens is 300 g/mol. The summed E-state index contributed by atoms with van der Waals surface area (Å²) in [4.78, 5) is 23.8. The van der Waals surface area contributed by atoms with E-state index in [0.29, 0.717) is 5.56 Å². The van der Waals surface area contributed by atoms with Crippen molar-refractivity contribution in [2.24, 2.45) is 0 Å². The number of ketones is 2. The minimum absolute atomic E-state index is 0.0486. The molecule has 3 heteroatoms. The normalized spacial score (nSPS) is 12.5. The molecule has 1 aliphatic rings. The summed E-state index contributed by atoms with van der Waals surface area (Å²) in [6, 6.07) is 13.3. The van der Waals surface area contributed by atoms with Crippen LogP contribution >= 0.6 is 0 Å². The maximum Gasteiger partial charge on any atom is 0.181 e. The molecule has 0 fully saturated rings. The van der Waals surface area contributed by atoms with E-state index >= 15 is 0 Å². The number of allylic oxidation sites excluding steroid dienone is 1. The molecule has 0 aromatic heterocycles. The van der Waals surface area contributed by atoms with Crippen LogP contribution in [0.2, 0.25) is 0 Å². The quantitative estimate of drug-likeness (QED) is 0.657. The molecule has 0 atom stereocenters. The van der Waals surface area contributed by atoms with Gasteiger partial charge < -0.3 is 5.11 Å². The molecule has 2 aromatic carbocycles. The lowest BCUT2D eigenvalue weighted by molar-refractivity contribution is -0.117. The second-order valence-electron chi connectivity index (χ2n) is 5.78. The number of hydrogen-bond acceptors (Lipinski definition) is 3. The molecule has 0 heterocycles. The third-order valence-corrected chi connectivity index (χ3v) is 4.11. The molecule has 0 amide bonds. The summed E-state index contributed by atoms with van der Waals surface area (Å²) in [5, 5.41) is 8.79. The van der Waals surface area contributed by atoms with Crippen LogP contribution in [-0.4, -0.2) is 23.3 Å². The van der Waals surface area contributed by atoms with E-state index in [1.54, 1.807) is 6.08 Å². The predicted molar refractivity (Wildman–Crippen MR) is 94.8 cm³/mol. The van der Waals surface area contributed by atoms with Crippen molar-refractivity contribution in [1.29, 1.82) is 0 Å². The number of benzene rings is 2. The molecule has 2 aromatic rings. The standard InChI is InChI=1S/C21H18O3/c22-14-20(23)11-10-15-4-1-2-5-18(15)13-21(24)19-9-8-16-6-3-7-17(16)12-19/h1-5,7-12,22H,6,13-14H2/b11-10+. The fraction of sp³-hybridized carbons (Fsp3) is 0.143. The number of hydrogen-bond donors (Lipinski definition) is 1. The zero-order chi connectivity index (χ0) is 16.9. The van der Waals surface area contributed by atoms with Crippen LogP contribution in [-0.2, 0) is 17.6 Å². The Morgan fingerprint density at radius 3 is 2.79 bits per heavy atom. The molecule has 0 aliphatic heterocycles. The minimum Gasteiger partial charge on any atom is -0.388 e. The third kappa shape index (κ3) is 3.58. The molecule has 0 saturated heterocycles. The highest BCUT2D eigenvalue weighted by Crippen LogP contribution is 2.22. The van der Waals surface area contributed by atoms with Crippen molar-refractivity contribution < 1.29 is 14.7 Å². The Hall–Kier alpha value is -2.78. The molecule has 120 valence electrons. The summed E-state index contributed by atoms with van der Waals surface area (Å²) in [6.07, 6.45) is 8.32. The maximum atomic E-state index is 12.6. The van der Waals surface area contributed by atoms with Gasteiger partial charge in [-0.15, -0.1) is 0 Å². The van der Waals surface area contributed by atoms with E-state index in [1.807, 2.05) is 48.5 Å². The zero-order valence-electron chi connectivity index (χ0n) is 13.2. The highest BCUT2D eigenvalue weighted by molar-refractivity contribution is 5.99. The summed E-state index contributed by atoms with van der Waals surface area (Å²) in [6.45, 7) is -0.514. The molecular formula is C21H18O3. The van der Waals surface area contributed by atoms with Crippen LogP contribution < -0.4 is 0 Å². The number of Topliss-reactive ketones (excluding diaryl/α,β-unsaturated/α-hetero) is 1. The van der Waals surface area contributed by atoms with E-state index in [2.05, 4.69) is 6.08 Å². The molecule has 0 bridgehead atoms. The highest BCUT2D eigenvalue weighted by atomic mass is 16.3. The van der Waals surface area contributed by atoms with Gasteiger partial charge in [0.05, 0.1) is 0 Å². The summed E-state index contributed by atoms with van der Waals surface area (Å²) in [5.74, 6) is -0.311. The number of aliphatic hydroxyl groups excluding tert-OH is 1. The van der Waals surface area contributed by atoms with Crippen LogP contribution in [0.1, 0.15) is 32.6 Å². The SMILES string of the molecule is O=C(/C=C/c1ccccc1CC(=O)c1ccc2c(c1)C=CC2)CO. The maximum absolute atomic E-state index is 12.6. The topological polar surface area (TPSA) is 54.4 Å². The first kappa shape index (κ1) is 16.1. The van der Waals surface area contributed by atoms with Gasteiger partial charge in [-0.1, -0.05) is 54.6 Å². The van der Waals surface area contributed by atoms with Crippen molar-refractivity contribution >= 4 is 23.7 Å². The smallest absolute Gasteiger partial charge is 0.181 e. The van der Waals surface area contributed by atoms with Gasteiger partial charge in [-0.3, -0.25) is 9.59 Å².